The summed E-state index contributed by atoms with van der Waals surface area (Å²) >= 11 is 0. The topological polar surface area (TPSA) is 110 Å². The van der Waals surface area contributed by atoms with E-state index in [-0.39, 0.29) is 34.6 Å². The van der Waals surface area contributed by atoms with E-state index < -0.39 is 23.1 Å². The maximum Gasteiger partial charge on any atom is 0.346 e. The number of carbonyl (C=O) groups excluding carboxylic acids is 1. The predicted molar refractivity (Wildman–Crippen MR) is 77.7 cm³/mol. The third kappa shape index (κ3) is 1.66. The van der Waals surface area contributed by atoms with Gasteiger partial charge >= 0.3 is 5.97 Å². The monoisotopic (exact) mass is 316 g/mol. The summed E-state index contributed by atoms with van der Waals surface area (Å²) in [4.78, 5) is 25.0. The van der Waals surface area contributed by atoms with Crippen molar-refractivity contribution in [3.8, 4) is 5.75 Å². The summed E-state index contributed by atoms with van der Waals surface area (Å²) in [5.74, 6) is -0.836. The molecule has 7 heteroatoms. The molecule has 0 bridgehead atoms. The van der Waals surface area contributed by atoms with Crippen LogP contribution in [0.25, 0.3) is 17.0 Å². The lowest BCUT2D eigenvalue weighted by molar-refractivity contribution is -0.147. The molecule has 1 aromatic heterocycles. The maximum absolute atomic E-state index is 12.9. The fourth-order valence-corrected chi connectivity index (χ4v) is 3.07. The number of aliphatic hydroxyl groups excluding tert-OH is 1. The number of phenols is 1. The van der Waals surface area contributed by atoms with Crippen LogP contribution in [0, 0.1) is 0 Å². The molecule has 2 aromatic rings. The number of rotatable bonds is 2. The zero-order valence-corrected chi connectivity index (χ0v) is 12.0. The number of epoxide rings is 1. The minimum Gasteiger partial charge on any atom is -0.507 e. The number of benzene rings is 1. The largest absolute Gasteiger partial charge is 0.507 e. The number of ether oxygens (including phenoxy) is 2. The highest BCUT2D eigenvalue weighted by Crippen LogP contribution is 2.51. The summed E-state index contributed by atoms with van der Waals surface area (Å²) in [6.45, 7) is -0.308. The smallest absolute Gasteiger partial charge is 0.346 e. The van der Waals surface area contributed by atoms with Gasteiger partial charge in [-0.3, -0.25) is 4.79 Å². The molecule has 0 unspecified atom stereocenters. The van der Waals surface area contributed by atoms with Crippen LogP contribution in [0.4, 0.5) is 0 Å². The third-order valence-electron chi connectivity index (χ3n) is 4.18. The standard InChI is InChI=1S/C16H12O7/c1-21-15(20)16-11(23-16)3-2-9-13(16)14(19)12-8(18)4-7(6-17)5-10(12)22-9/h2-5,11,17-18H,6H2,1H3/t11-,16+/m0/s1. The number of carbonyl (C=O) groups is 1. The van der Waals surface area contributed by atoms with Gasteiger partial charge in [-0.15, -0.1) is 0 Å². The quantitative estimate of drug-likeness (QED) is 0.622. The Morgan fingerprint density at radius 3 is 2.91 bits per heavy atom. The van der Waals surface area contributed by atoms with Crippen molar-refractivity contribution in [3.05, 3.63) is 45.3 Å². The van der Waals surface area contributed by atoms with Gasteiger partial charge in [0.05, 0.1) is 19.3 Å². The number of esters is 1. The van der Waals surface area contributed by atoms with E-state index in [2.05, 4.69) is 0 Å². The van der Waals surface area contributed by atoms with E-state index in [1.807, 2.05) is 0 Å². The van der Waals surface area contributed by atoms with Crippen LogP contribution in [-0.4, -0.2) is 29.4 Å². The number of hydrogen-bond acceptors (Lipinski definition) is 7. The number of aliphatic hydroxyl groups is 1. The van der Waals surface area contributed by atoms with Crippen LogP contribution in [0.5, 0.6) is 5.75 Å². The van der Waals surface area contributed by atoms with Gasteiger partial charge in [-0.05, 0) is 29.8 Å². The molecule has 7 nitrogen and oxygen atoms in total. The van der Waals surface area contributed by atoms with E-state index in [0.717, 1.165) is 0 Å². The number of phenolic OH excluding ortho intramolecular Hbond substituents is 1. The molecular formula is C16H12O7. The Labute approximate surface area is 129 Å². The predicted octanol–water partition coefficient (Wildman–Crippen LogP) is 0.785. The lowest BCUT2D eigenvalue weighted by atomic mass is 9.89. The molecule has 0 saturated carbocycles. The van der Waals surface area contributed by atoms with Gasteiger partial charge in [0.15, 0.2) is 0 Å². The van der Waals surface area contributed by atoms with Crippen molar-refractivity contribution in [1.29, 1.82) is 0 Å². The Morgan fingerprint density at radius 1 is 1.43 bits per heavy atom. The van der Waals surface area contributed by atoms with E-state index in [1.54, 1.807) is 12.2 Å². The SMILES string of the molecule is COC(=O)[C@@]12O[C@H]1C=Cc1oc3cc(CO)cc(O)c3c(=O)c12. The molecule has 1 fully saturated rings. The fraction of sp³-hybridized carbons (Fsp3) is 0.250. The summed E-state index contributed by atoms with van der Waals surface area (Å²) < 4.78 is 15.8. The number of methoxy groups -OCH3 is 1. The molecule has 2 heterocycles. The zero-order chi connectivity index (χ0) is 16.4. The zero-order valence-electron chi connectivity index (χ0n) is 12.0. The molecule has 0 radical (unpaired) electrons. The van der Waals surface area contributed by atoms with Gasteiger partial charge in [0.1, 0.15) is 28.6 Å². The van der Waals surface area contributed by atoms with E-state index in [1.165, 1.54) is 19.2 Å². The lowest BCUT2D eigenvalue weighted by Gasteiger charge is -2.16. The van der Waals surface area contributed by atoms with Crippen LogP contribution in [0.3, 0.4) is 0 Å². The molecule has 1 saturated heterocycles. The molecule has 2 aliphatic rings. The second-order valence-electron chi connectivity index (χ2n) is 5.44. The molecular weight excluding hydrogens is 304 g/mol. The molecule has 4 rings (SSSR count). The molecule has 1 aliphatic carbocycles. The van der Waals surface area contributed by atoms with Crippen LogP contribution in [-0.2, 0) is 26.5 Å². The van der Waals surface area contributed by atoms with Crippen molar-refractivity contribution in [2.24, 2.45) is 0 Å². The normalized spacial score (nSPS) is 24.2. The van der Waals surface area contributed by atoms with Crippen molar-refractivity contribution in [2.75, 3.05) is 7.11 Å². The van der Waals surface area contributed by atoms with E-state index in [0.29, 0.717) is 5.56 Å². The molecule has 2 atom stereocenters. The van der Waals surface area contributed by atoms with Gasteiger partial charge in [0.2, 0.25) is 11.0 Å². The van der Waals surface area contributed by atoms with Crippen molar-refractivity contribution in [2.45, 2.75) is 18.3 Å². The minimum absolute atomic E-state index is 0.0244. The molecule has 0 amide bonds. The highest BCUT2D eigenvalue weighted by atomic mass is 16.7. The Morgan fingerprint density at radius 2 is 2.22 bits per heavy atom. The lowest BCUT2D eigenvalue weighted by Crippen LogP contribution is -2.34. The van der Waals surface area contributed by atoms with Gasteiger partial charge in [-0.25, -0.2) is 4.79 Å². The number of aromatic hydroxyl groups is 1. The molecule has 118 valence electrons. The van der Waals surface area contributed by atoms with Gasteiger partial charge in [0.25, 0.3) is 0 Å². The van der Waals surface area contributed by atoms with Crippen molar-refractivity contribution in [1.82, 2.24) is 0 Å². The van der Waals surface area contributed by atoms with Gasteiger partial charge in [0, 0.05) is 0 Å². The molecule has 23 heavy (non-hydrogen) atoms. The van der Waals surface area contributed by atoms with Gasteiger partial charge < -0.3 is 24.1 Å². The van der Waals surface area contributed by atoms with Crippen LogP contribution in [0.1, 0.15) is 16.9 Å². The average Bonchev–Trinajstić information content (AvgIpc) is 3.28. The average molecular weight is 316 g/mol. The molecule has 0 spiro atoms. The summed E-state index contributed by atoms with van der Waals surface area (Å²) in [6, 6.07) is 2.75. The van der Waals surface area contributed by atoms with E-state index >= 15 is 0 Å². The minimum atomic E-state index is -1.50. The summed E-state index contributed by atoms with van der Waals surface area (Å²) in [5.41, 5.74) is -1.50. The van der Waals surface area contributed by atoms with Gasteiger partial charge in [-0.1, -0.05) is 0 Å². The summed E-state index contributed by atoms with van der Waals surface area (Å²) in [7, 11) is 1.21. The van der Waals surface area contributed by atoms with Crippen LogP contribution in [0.15, 0.2) is 27.4 Å². The van der Waals surface area contributed by atoms with Crippen molar-refractivity contribution < 1.29 is 28.9 Å². The molecule has 1 aliphatic heterocycles. The first-order chi connectivity index (χ1) is 11.0. The third-order valence-corrected chi connectivity index (χ3v) is 4.18. The van der Waals surface area contributed by atoms with E-state index in [9.17, 15) is 19.8 Å². The van der Waals surface area contributed by atoms with Crippen molar-refractivity contribution >= 4 is 23.0 Å². The maximum atomic E-state index is 12.9. The highest BCUT2D eigenvalue weighted by Gasteiger charge is 2.68. The molecule has 2 N–H and O–H groups in total. The second-order valence-corrected chi connectivity index (χ2v) is 5.44. The van der Waals surface area contributed by atoms with Crippen LogP contribution in [0.2, 0.25) is 0 Å². The second kappa shape index (κ2) is 4.43. The van der Waals surface area contributed by atoms with Crippen LogP contribution < -0.4 is 5.43 Å². The Hall–Kier alpha value is -2.64. The first-order valence-electron chi connectivity index (χ1n) is 6.91. The fourth-order valence-electron chi connectivity index (χ4n) is 3.07. The summed E-state index contributed by atoms with van der Waals surface area (Å²) in [5, 5.41) is 19.2. The number of fused-ring (bicyclic) bond motifs is 4. The Kier molecular flexibility index (Phi) is 2.70. The first kappa shape index (κ1) is 14.0. The van der Waals surface area contributed by atoms with Crippen molar-refractivity contribution in [3.63, 3.8) is 0 Å². The van der Waals surface area contributed by atoms with E-state index in [4.69, 9.17) is 13.9 Å². The van der Waals surface area contributed by atoms with Crippen LogP contribution >= 0.6 is 0 Å². The van der Waals surface area contributed by atoms with Gasteiger partial charge in [-0.2, -0.15) is 0 Å². The Balaban J connectivity index is 2.08. The first-order valence-corrected chi connectivity index (χ1v) is 6.91. The molecule has 1 aromatic carbocycles. The number of hydrogen-bond donors (Lipinski definition) is 2. The summed E-state index contributed by atoms with van der Waals surface area (Å²) in [6.07, 6.45) is 2.59. The highest BCUT2D eigenvalue weighted by molar-refractivity contribution is 5.92. The Bertz CT molecular complexity index is 940.